The summed E-state index contributed by atoms with van der Waals surface area (Å²) in [6, 6.07) is 7.29. The maximum absolute atomic E-state index is 12.5. The Kier molecular flexibility index (Phi) is 5.11. The van der Waals surface area contributed by atoms with Gasteiger partial charge in [0.15, 0.2) is 0 Å². The number of amides is 1. The molecule has 1 aliphatic heterocycles. The van der Waals surface area contributed by atoms with Gasteiger partial charge < -0.3 is 10.0 Å². The fourth-order valence-corrected chi connectivity index (χ4v) is 3.72. The van der Waals surface area contributed by atoms with Gasteiger partial charge in [-0.2, -0.15) is 11.8 Å². The second kappa shape index (κ2) is 6.83. The number of carbonyl (C=O) groups excluding carboxylic acids is 1. The molecule has 2 unspecified atom stereocenters. The molecule has 1 aromatic rings. The first-order chi connectivity index (χ1) is 9.60. The highest BCUT2D eigenvalue weighted by Gasteiger charge is 2.26. The molecular weight excluding hydrogens is 270 g/mol. The van der Waals surface area contributed by atoms with Gasteiger partial charge in [-0.15, -0.1) is 0 Å². The summed E-state index contributed by atoms with van der Waals surface area (Å²) in [5.41, 5.74) is 1.43. The summed E-state index contributed by atoms with van der Waals surface area (Å²) in [6.45, 7) is 5.73. The van der Waals surface area contributed by atoms with Crippen LogP contribution in [0.15, 0.2) is 24.3 Å². The van der Waals surface area contributed by atoms with Gasteiger partial charge in [0.05, 0.1) is 0 Å². The predicted molar refractivity (Wildman–Crippen MR) is 82.8 cm³/mol. The fraction of sp³-hybridized carbons (Fsp3) is 0.438. The monoisotopic (exact) mass is 289 g/mol. The summed E-state index contributed by atoms with van der Waals surface area (Å²) in [5.74, 6) is 5.50. The van der Waals surface area contributed by atoms with E-state index in [0.717, 1.165) is 18.7 Å². The van der Waals surface area contributed by atoms with Gasteiger partial charge in [0.2, 0.25) is 0 Å². The first-order valence-corrected chi connectivity index (χ1v) is 7.69. The molecule has 20 heavy (non-hydrogen) atoms. The zero-order valence-corrected chi connectivity index (χ0v) is 12.6. The van der Waals surface area contributed by atoms with E-state index >= 15 is 0 Å². The molecule has 0 bridgehead atoms. The summed E-state index contributed by atoms with van der Waals surface area (Å²) in [6.07, 6.45) is 0. The molecule has 1 saturated heterocycles. The molecule has 1 aliphatic rings. The van der Waals surface area contributed by atoms with E-state index in [1.54, 1.807) is 6.07 Å². The number of aliphatic hydroxyl groups excluding tert-OH is 1. The molecule has 1 N–H and O–H groups in total. The van der Waals surface area contributed by atoms with Crippen molar-refractivity contribution in [3.8, 4) is 11.8 Å². The van der Waals surface area contributed by atoms with Crippen molar-refractivity contribution in [3.63, 3.8) is 0 Å². The first kappa shape index (κ1) is 15.0. The van der Waals surface area contributed by atoms with E-state index in [0.29, 0.717) is 16.1 Å². The molecule has 1 heterocycles. The maximum Gasteiger partial charge on any atom is 0.253 e. The molecule has 1 fully saturated rings. The summed E-state index contributed by atoms with van der Waals surface area (Å²) in [5, 5.41) is 9.66. The van der Waals surface area contributed by atoms with Gasteiger partial charge in [0.25, 0.3) is 5.91 Å². The van der Waals surface area contributed by atoms with Crippen LogP contribution in [0.2, 0.25) is 0 Å². The van der Waals surface area contributed by atoms with Crippen molar-refractivity contribution < 1.29 is 9.90 Å². The third kappa shape index (κ3) is 3.78. The van der Waals surface area contributed by atoms with Gasteiger partial charge in [-0.3, -0.25) is 4.79 Å². The Morgan fingerprint density at radius 2 is 2.10 bits per heavy atom. The molecule has 2 atom stereocenters. The topological polar surface area (TPSA) is 40.5 Å². The SMILES string of the molecule is CC1CN(C(=O)c2cccc(C#CCO)c2)CC(C)S1. The van der Waals surface area contributed by atoms with Crippen LogP contribution in [0.25, 0.3) is 0 Å². The lowest BCUT2D eigenvalue weighted by atomic mass is 10.1. The van der Waals surface area contributed by atoms with Crippen LogP contribution in [0.1, 0.15) is 29.8 Å². The molecule has 0 saturated carbocycles. The second-order valence-electron chi connectivity index (χ2n) is 5.01. The average Bonchev–Trinajstić information content (AvgIpc) is 2.43. The first-order valence-electron chi connectivity index (χ1n) is 6.74. The summed E-state index contributed by atoms with van der Waals surface area (Å²) >= 11 is 1.93. The fourth-order valence-electron chi connectivity index (χ4n) is 2.40. The van der Waals surface area contributed by atoms with Crippen molar-refractivity contribution in [1.29, 1.82) is 0 Å². The third-order valence-corrected chi connectivity index (χ3v) is 4.36. The number of aliphatic hydroxyl groups is 1. The zero-order valence-electron chi connectivity index (χ0n) is 11.8. The van der Waals surface area contributed by atoms with Crippen LogP contribution in [-0.2, 0) is 0 Å². The van der Waals surface area contributed by atoms with Gasteiger partial charge in [-0.25, -0.2) is 0 Å². The van der Waals surface area contributed by atoms with Crippen molar-refractivity contribution in [2.45, 2.75) is 24.3 Å². The van der Waals surface area contributed by atoms with Crippen LogP contribution in [0.5, 0.6) is 0 Å². The van der Waals surface area contributed by atoms with E-state index in [-0.39, 0.29) is 12.5 Å². The number of thioether (sulfide) groups is 1. The van der Waals surface area contributed by atoms with Crippen LogP contribution >= 0.6 is 11.8 Å². The Bertz CT molecular complexity index is 537. The molecular formula is C16H19NO2S. The van der Waals surface area contributed by atoms with E-state index in [9.17, 15) is 4.79 Å². The molecule has 0 spiro atoms. The van der Waals surface area contributed by atoms with Crippen molar-refractivity contribution in [2.24, 2.45) is 0 Å². The largest absolute Gasteiger partial charge is 0.384 e. The van der Waals surface area contributed by atoms with Crippen molar-refractivity contribution in [1.82, 2.24) is 4.90 Å². The molecule has 0 aromatic heterocycles. The number of rotatable bonds is 1. The van der Waals surface area contributed by atoms with Crippen LogP contribution in [0, 0.1) is 11.8 Å². The lowest BCUT2D eigenvalue weighted by Crippen LogP contribution is -2.44. The highest BCUT2D eigenvalue weighted by Crippen LogP contribution is 2.25. The standard InChI is InChI=1S/C16H19NO2S/c1-12-10-17(11-13(2)20-12)16(19)15-7-3-5-14(9-15)6-4-8-18/h3,5,7,9,12-13,18H,8,10-11H2,1-2H3. The molecule has 1 amide bonds. The summed E-state index contributed by atoms with van der Waals surface area (Å²) < 4.78 is 0. The zero-order chi connectivity index (χ0) is 14.5. The van der Waals surface area contributed by atoms with Gasteiger partial charge in [-0.1, -0.05) is 31.8 Å². The molecule has 1 aromatic carbocycles. The molecule has 4 heteroatoms. The minimum atomic E-state index is -0.170. The Hall–Kier alpha value is -1.44. The quantitative estimate of drug-likeness (QED) is 0.804. The minimum absolute atomic E-state index is 0.0663. The van der Waals surface area contributed by atoms with E-state index < -0.39 is 0 Å². The Morgan fingerprint density at radius 1 is 1.40 bits per heavy atom. The average molecular weight is 289 g/mol. The van der Waals surface area contributed by atoms with Gasteiger partial charge in [0, 0.05) is 34.7 Å². The van der Waals surface area contributed by atoms with Crippen LogP contribution in [0.4, 0.5) is 0 Å². The van der Waals surface area contributed by atoms with E-state index in [1.807, 2.05) is 34.9 Å². The number of benzene rings is 1. The Balaban J connectivity index is 2.16. The highest BCUT2D eigenvalue weighted by atomic mass is 32.2. The second-order valence-corrected chi connectivity index (χ2v) is 6.89. The van der Waals surface area contributed by atoms with E-state index in [2.05, 4.69) is 25.7 Å². The third-order valence-electron chi connectivity index (χ3n) is 3.13. The molecule has 2 rings (SSSR count). The molecule has 106 valence electrons. The molecule has 0 aliphatic carbocycles. The van der Waals surface area contributed by atoms with Gasteiger partial charge in [0.1, 0.15) is 6.61 Å². The van der Waals surface area contributed by atoms with Crippen LogP contribution in [-0.4, -0.2) is 46.1 Å². The van der Waals surface area contributed by atoms with Crippen LogP contribution < -0.4 is 0 Å². The Labute approximate surface area is 124 Å². The highest BCUT2D eigenvalue weighted by molar-refractivity contribution is 8.00. The van der Waals surface area contributed by atoms with Crippen molar-refractivity contribution >= 4 is 17.7 Å². The normalized spacial score (nSPS) is 22.1. The molecule has 0 radical (unpaired) electrons. The van der Waals surface area contributed by atoms with E-state index in [4.69, 9.17) is 5.11 Å². The smallest absolute Gasteiger partial charge is 0.253 e. The summed E-state index contributed by atoms with van der Waals surface area (Å²) in [4.78, 5) is 14.5. The van der Waals surface area contributed by atoms with Crippen molar-refractivity contribution in [3.05, 3.63) is 35.4 Å². The lowest BCUT2D eigenvalue weighted by Gasteiger charge is -2.34. The van der Waals surface area contributed by atoms with Gasteiger partial charge in [-0.05, 0) is 18.2 Å². The number of carbonyl (C=O) groups is 1. The predicted octanol–water partition coefficient (Wildman–Crippen LogP) is 2.00. The number of hydrogen-bond acceptors (Lipinski definition) is 3. The lowest BCUT2D eigenvalue weighted by molar-refractivity contribution is 0.0753. The van der Waals surface area contributed by atoms with Crippen LogP contribution in [0.3, 0.4) is 0 Å². The van der Waals surface area contributed by atoms with Crippen molar-refractivity contribution in [2.75, 3.05) is 19.7 Å². The minimum Gasteiger partial charge on any atom is -0.384 e. The summed E-state index contributed by atoms with van der Waals surface area (Å²) in [7, 11) is 0. The number of hydrogen-bond donors (Lipinski definition) is 1. The van der Waals surface area contributed by atoms with E-state index in [1.165, 1.54) is 0 Å². The number of nitrogens with zero attached hydrogens (tertiary/aromatic N) is 1. The molecule has 3 nitrogen and oxygen atoms in total. The maximum atomic E-state index is 12.5. The van der Waals surface area contributed by atoms with Gasteiger partial charge >= 0.3 is 0 Å². The Morgan fingerprint density at radius 3 is 2.75 bits per heavy atom.